The van der Waals surface area contributed by atoms with Gasteiger partial charge in [0, 0.05) is 10.4 Å². The summed E-state index contributed by atoms with van der Waals surface area (Å²) in [6.45, 7) is 6.43. The molecule has 1 atom stereocenters. The number of carbonyl (C=O) groups is 2. The second-order valence-corrected chi connectivity index (χ2v) is 7.89. The Morgan fingerprint density at radius 3 is 2.62 bits per heavy atom. The molecule has 1 heterocycles. The van der Waals surface area contributed by atoms with Gasteiger partial charge in [-0.05, 0) is 61.8 Å². The third-order valence-corrected chi connectivity index (χ3v) is 6.01. The summed E-state index contributed by atoms with van der Waals surface area (Å²) in [4.78, 5) is 26.4. The van der Waals surface area contributed by atoms with Gasteiger partial charge in [-0.1, -0.05) is 26.0 Å². The second-order valence-electron chi connectivity index (χ2n) is 6.78. The molecule has 1 aromatic carbocycles. The van der Waals surface area contributed by atoms with E-state index in [1.807, 2.05) is 24.3 Å². The van der Waals surface area contributed by atoms with Crippen LogP contribution in [0, 0.1) is 5.92 Å². The quantitative estimate of drug-likeness (QED) is 0.763. The van der Waals surface area contributed by atoms with Crippen LogP contribution in [0.3, 0.4) is 0 Å². The van der Waals surface area contributed by atoms with Gasteiger partial charge in [0.15, 0.2) is 0 Å². The predicted molar refractivity (Wildman–Crippen MR) is 105 cm³/mol. The molecule has 0 radical (unpaired) electrons. The van der Waals surface area contributed by atoms with E-state index in [9.17, 15) is 9.59 Å². The van der Waals surface area contributed by atoms with E-state index in [1.54, 1.807) is 6.92 Å². The number of anilines is 1. The van der Waals surface area contributed by atoms with Crippen molar-refractivity contribution in [2.45, 2.75) is 46.5 Å². The first kappa shape index (κ1) is 18.6. The van der Waals surface area contributed by atoms with Crippen molar-refractivity contribution in [3.05, 3.63) is 51.4 Å². The van der Waals surface area contributed by atoms with E-state index < -0.39 is 0 Å². The molecular weight excluding hydrogens is 346 g/mol. The van der Waals surface area contributed by atoms with Crippen LogP contribution < -0.4 is 5.32 Å². The van der Waals surface area contributed by atoms with Crippen LogP contribution in [0.15, 0.2) is 24.3 Å². The zero-order chi connectivity index (χ0) is 18.7. The monoisotopic (exact) mass is 371 g/mol. The van der Waals surface area contributed by atoms with Crippen molar-refractivity contribution in [2.75, 3.05) is 11.9 Å². The highest BCUT2D eigenvalue weighted by molar-refractivity contribution is 7.17. The highest BCUT2D eigenvalue weighted by Crippen LogP contribution is 2.40. The van der Waals surface area contributed by atoms with Gasteiger partial charge in [0.2, 0.25) is 0 Å². The van der Waals surface area contributed by atoms with Crippen molar-refractivity contribution in [3.63, 3.8) is 0 Å². The molecule has 1 aromatic heterocycles. The summed E-state index contributed by atoms with van der Waals surface area (Å²) in [5.74, 6) is 0.0716. The van der Waals surface area contributed by atoms with Gasteiger partial charge in [0.1, 0.15) is 5.00 Å². The molecule has 1 unspecified atom stereocenters. The fraction of sp³-hybridized carbons (Fsp3) is 0.429. The Morgan fingerprint density at radius 1 is 1.23 bits per heavy atom. The summed E-state index contributed by atoms with van der Waals surface area (Å²) in [6, 6.07) is 7.58. The van der Waals surface area contributed by atoms with E-state index in [2.05, 4.69) is 19.2 Å². The van der Waals surface area contributed by atoms with Crippen molar-refractivity contribution in [1.82, 2.24) is 0 Å². The van der Waals surface area contributed by atoms with E-state index in [0.717, 1.165) is 31.2 Å². The van der Waals surface area contributed by atoms with Gasteiger partial charge < -0.3 is 10.1 Å². The van der Waals surface area contributed by atoms with Crippen LogP contribution >= 0.6 is 11.3 Å². The lowest BCUT2D eigenvalue weighted by molar-refractivity contribution is 0.0526. The zero-order valence-electron chi connectivity index (χ0n) is 15.6. The summed E-state index contributed by atoms with van der Waals surface area (Å²) in [5.41, 5.74) is 3.39. The summed E-state index contributed by atoms with van der Waals surface area (Å²) in [6.07, 6.45) is 3.81. The normalized spacial score (nSPS) is 16.0. The molecule has 3 rings (SSSR count). The molecule has 1 amide bonds. The maximum atomic E-state index is 12.7. The van der Waals surface area contributed by atoms with Crippen molar-refractivity contribution in [1.29, 1.82) is 0 Å². The first-order chi connectivity index (χ1) is 12.5. The number of hydrogen-bond donors (Lipinski definition) is 1. The minimum atomic E-state index is -0.337. The number of rotatable bonds is 5. The molecule has 0 bridgehead atoms. The minimum absolute atomic E-state index is 0.190. The van der Waals surface area contributed by atoms with Crippen LogP contribution in [0.2, 0.25) is 0 Å². The van der Waals surface area contributed by atoms with Crippen molar-refractivity contribution in [2.24, 2.45) is 5.92 Å². The minimum Gasteiger partial charge on any atom is -0.462 e. The molecule has 0 spiro atoms. The maximum absolute atomic E-state index is 12.7. The molecule has 1 aliphatic carbocycles. The lowest BCUT2D eigenvalue weighted by Crippen LogP contribution is -2.16. The van der Waals surface area contributed by atoms with E-state index in [0.29, 0.717) is 28.7 Å². The summed E-state index contributed by atoms with van der Waals surface area (Å²) in [7, 11) is 0. The zero-order valence-corrected chi connectivity index (χ0v) is 16.4. The number of benzene rings is 1. The molecule has 1 N–H and O–H groups in total. The molecule has 0 aliphatic heterocycles. The number of nitrogens with one attached hydrogen (secondary N) is 1. The number of amides is 1. The van der Waals surface area contributed by atoms with Crippen LogP contribution in [-0.4, -0.2) is 18.5 Å². The van der Waals surface area contributed by atoms with Crippen LogP contribution in [0.25, 0.3) is 0 Å². The molecule has 2 aromatic rings. The number of esters is 1. The van der Waals surface area contributed by atoms with Crippen LogP contribution in [0.1, 0.15) is 63.9 Å². The predicted octanol–water partition coefficient (Wildman–Crippen LogP) is 4.86. The Hall–Kier alpha value is -2.14. The van der Waals surface area contributed by atoms with Gasteiger partial charge in [-0.2, -0.15) is 0 Å². The van der Waals surface area contributed by atoms with Gasteiger partial charge in [-0.3, -0.25) is 4.79 Å². The molecule has 0 saturated carbocycles. The Labute approximate surface area is 158 Å². The third kappa shape index (κ3) is 3.83. The van der Waals surface area contributed by atoms with E-state index in [-0.39, 0.29) is 11.9 Å². The topological polar surface area (TPSA) is 55.4 Å². The smallest absolute Gasteiger partial charge is 0.341 e. The lowest BCUT2D eigenvalue weighted by atomic mass is 9.88. The third-order valence-electron chi connectivity index (χ3n) is 4.84. The van der Waals surface area contributed by atoms with Crippen molar-refractivity contribution >= 4 is 28.2 Å². The number of ether oxygens (including phenoxy) is 1. The fourth-order valence-corrected chi connectivity index (χ4v) is 4.72. The standard InChI is InChI=1S/C21H25NO3S/c1-4-14-7-9-15(10-8-14)19(23)22-20-18(21(24)25-5-2)16-11-6-13(3)12-17(16)26-20/h7-10,13H,4-6,11-12H2,1-3H3,(H,22,23). The van der Waals surface area contributed by atoms with Crippen molar-refractivity contribution < 1.29 is 14.3 Å². The van der Waals surface area contributed by atoms with E-state index in [1.165, 1.54) is 21.8 Å². The van der Waals surface area contributed by atoms with Crippen molar-refractivity contribution in [3.8, 4) is 0 Å². The molecular formula is C21H25NO3S. The summed E-state index contributed by atoms with van der Waals surface area (Å²) in [5, 5.41) is 3.57. The summed E-state index contributed by atoms with van der Waals surface area (Å²) >= 11 is 1.52. The highest BCUT2D eigenvalue weighted by Gasteiger charge is 2.29. The molecule has 5 heteroatoms. The average Bonchev–Trinajstić information content (AvgIpc) is 2.98. The first-order valence-electron chi connectivity index (χ1n) is 9.25. The number of aryl methyl sites for hydroxylation is 1. The van der Waals surface area contributed by atoms with Gasteiger partial charge >= 0.3 is 5.97 Å². The van der Waals surface area contributed by atoms with Crippen LogP contribution in [0.5, 0.6) is 0 Å². The molecule has 1 aliphatic rings. The second kappa shape index (κ2) is 8.04. The fourth-order valence-electron chi connectivity index (χ4n) is 3.33. The number of thiophene rings is 1. The molecule has 0 saturated heterocycles. The summed E-state index contributed by atoms with van der Waals surface area (Å²) < 4.78 is 5.25. The SMILES string of the molecule is CCOC(=O)c1c(NC(=O)c2ccc(CC)cc2)sc2c1CCC(C)C2. The van der Waals surface area contributed by atoms with Crippen LogP contribution in [0.4, 0.5) is 5.00 Å². The average molecular weight is 372 g/mol. The highest BCUT2D eigenvalue weighted by atomic mass is 32.1. The van der Waals surface area contributed by atoms with Gasteiger partial charge in [-0.25, -0.2) is 4.79 Å². The molecule has 26 heavy (non-hydrogen) atoms. The maximum Gasteiger partial charge on any atom is 0.341 e. The van der Waals surface area contributed by atoms with Crippen LogP contribution in [-0.2, 0) is 24.0 Å². The Balaban J connectivity index is 1.90. The molecule has 138 valence electrons. The lowest BCUT2D eigenvalue weighted by Gasteiger charge is -2.18. The number of hydrogen-bond acceptors (Lipinski definition) is 4. The molecule has 0 fully saturated rings. The van der Waals surface area contributed by atoms with Gasteiger partial charge in [0.25, 0.3) is 5.91 Å². The van der Waals surface area contributed by atoms with E-state index in [4.69, 9.17) is 4.74 Å². The Bertz CT molecular complexity index is 807. The largest absolute Gasteiger partial charge is 0.462 e. The first-order valence-corrected chi connectivity index (χ1v) is 10.1. The van der Waals surface area contributed by atoms with E-state index >= 15 is 0 Å². The van der Waals surface area contributed by atoms with Gasteiger partial charge in [-0.15, -0.1) is 11.3 Å². The number of carbonyl (C=O) groups excluding carboxylic acids is 2. The number of fused-ring (bicyclic) bond motifs is 1. The molecule has 4 nitrogen and oxygen atoms in total. The Kier molecular flexibility index (Phi) is 5.77. The Morgan fingerprint density at radius 2 is 1.96 bits per heavy atom. The van der Waals surface area contributed by atoms with Gasteiger partial charge in [0.05, 0.1) is 12.2 Å².